The largest absolute Gasteiger partial charge is 0.293 e. The van der Waals surface area contributed by atoms with Crippen LogP contribution in [0, 0.1) is 11.6 Å². The first kappa shape index (κ1) is 17.5. The molecule has 1 N–H and O–H groups in total. The Morgan fingerprint density at radius 1 is 1.04 bits per heavy atom. The Kier molecular flexibility index (Phi) is 4.77. The van der Waals surface area contributed by atoms with Crippen LogP contribution in [0.25, 0.3) is 5.65 Å². The molecule has 0 unspecified atom stereocenters. The van der Waals surface area contributed by atoms with Crippen LogP contribution in [0.5, 0.6) is 0 Å². The zero-order valence-corrected chi connectivity index (χ0v) is 15.0. The van der Waals surface area contributed by atoms with Gasteiger partial charge in [0.1, 0.15) is 0 Å². The number of fused-ring (bicyclic) bond motifs is 1. The predicted molar refractivity (Wildman–Crippen MR) is 101 cm³/mol. The van der Waals surface area contributed by atoms with Crippen molar-refractivity contribution in [3.05, 3.63) is 99.6 Å². The zero-order chi connectivity index (χ0) is 18.8. The minimum Gasteiger partial charge on any atom is -0.293 e. The van der Waals surface area contributed by atoms with Crippen LogP contribution in [-0.2, 0) is 12.2 Å². The molecule has 136 valence electrons. The molecule has 0 atom stereocenters. The topological polar surface area (TPSA) is 50.2 Å². The summed E-state index contributed by atoms with van der Waals surface area (Å²) in [5.41, 5.74) is 2.76. The molecule has 2 heterocycles. The number of nitrogens with one attached hydrogen (secondary N) is 1. The number of halogens is 2. The third kappa shape index (κ3) is 3.78. The molecule has 27 heavy (non-hydrogen) atoms. The second-order valence-electron chi connectivity index (χ2n) is 6.06. The Hall–Kier alpha value is -2.93. The van der Waals surface area contributed by atoms with E-state index in [0.717, 1.165) is 29.1 Å². The predicted octanol–water partition coefficient (Wildman–Crippen LogP) is 4.18. The normalized spacial score (nSPS) is 11.2. The maximum absolute atomic E-state index is 13.8. The van der Waals surface area contributed by atoms with Gasteiger partial charge in [-0.3, -0.25) is 9.89 Å². The van der Waals surface area contributed by atoms with Crippen molar-refractivity contribution < 1.29 is 8.78 Å². The molecule has 0 fully saturated rings. The lowest BCUT2D eigenvalue weighted by Gasteiger charge is -2.03. The summed E-state index contributed by atoms with van der Waals surface area (Å²) in [6.45, 7) is 0. The van der Waals surface area contributed by atoms with Gasteiger partial charge < -0.3 is 0 Å². The highest BCUT2D eigenvalue weighted by atomic mass is 32.2. The van der Waals surface area contributed by atoms with Crippen molar-refractivity contribution in [2.75, 3.05) is 0 Å². The van der Waals surface area contributed by atoms with Crippen LogP contribution >= 0.6 is 11.8 Å². The third-order valence-electron chi connectivity index (χ3n) is 4.09. The molecule has 0 saturated carbocycles. The Balaban J connectivity index is 1.58. The highest BCUT2D eigenvalue weighted by molar-refractivity contribution is 7.98. The number of aromatic amines is 1. The molecule has 0 aliphatic heterocycles. The van der Waals surface area contributed by atoms with Crippen molar-refractivity contribution in [1.82, 2.24) is 14.6 Å². The number of benzene rings is 2. The monoisotopic (exact) mass is 383 g/mol. The Labute approximate surface area is 157 Å². The van der Waals surface area contributed by atoms with Crippen molar-refractivity contribution in [3.8, 4) is 0 Å². The van der Waals surface area contributed by atoms with Crippen molar-refractivity contribution in [2.24, 2.45) is 0 Å². The summed E-state index contributed by atoms with van der Waals surface area (Å²) in [4.78, 5) is 17.0. The average molecular weight is 383 g/mol. The summed E-state index contributed by atoms with van der Waals surface area (Å²) in [6.07, 6.45) is 0.655. The summed E-state index contributed by atoms with van der Waals surface area (Å²) < 4.78 is 28.4. The quantitative estimate of drug-likeness (QED) is 0.526. The lowest BCUT2D eigenvalue weighted by molar-refractivity contribution is 0.491. The zero-order valence-electron chi connectivity index (χ0n) is 14.2. The van der Waals surface area contributed by atoms with Gasteiger partial charge in [-0.05, 0) is 17.7 Å². The van der Waals surface area contributed by atoms with E-state index in [-0.39, 0.29) is 16.2 Å². The standard InChI is InChI=1S/C20H15F2N3OS/c21-16-7-4-8-17(20(16)22)27-12-15-11-19(26)25-18(23-15)10-14(24-25)9-13-5-2-1-3-6-13/h1-8,10-11,24H,9,12H2. The van der Waals surface area contributed by atoms with Gasteiger partial charge >= 0.3 is 0 Å². The molecule has 4 nitrogen and oxygen atoms in total. The molecule has 0 radical (unpaired) electrons. The minimum absolute atomic E-state index is 0.191. The van der Waals surface area contributed by atoms with Gasteiger partial charge in [-0.1, -0.05) is 36.4 Å². The van der Waals surface area contributed by atoms with Gasteiger partial charge in [-0.15, -0.1) is 11.8 Å². The van der Waals surface area contributed by atoms with E-state index in [0.29, 0.717) is 17.8 Å². The van der Waals surface area contributed by atoms with E-state index in [2.05, 4.69) is 10.1 Å². The second-order valence-corrected chi connectivity index (χ2v) is 7.08. The average Bonchev–Trinajstić information content (AvgIpc) is 3.07. The minimum atomic E-state index is -0.889. The lowest BCUT2D eigenvalue weighted by Crippen LogP contribution is -2.15. The Morgan fingerprint density at radius 2 is 1.85 bits per heavy atom. The molecule has 4 aromatic rings. The molecule has 0 spiro atoms. The van der Waals surface area contributed by atoms with Crippen LogP contribution in [0.15, 0.2) is 70.4 Å². The summed E-state index contributed by atoms with van der Waals surface area (Å²) in [5, 5.41) is 3.06. The van der Waals surface area contributed by atoms with Crippen LogP contribution < -0.4 is 5.56 Å². The summed E-state index contributed by atoms with van der Waals surface area (Å²) in [7, 11) is 0. The fourth-order valence-electron chi connectivity index (χ4n) is 2.82. The number of nitrogens with zero attached hydrogens (tertiary/aromatic N) is 2. The second kappa shape index (κ2) is 7.36. The Bertz CT molecular complexity index is 1160. The fraction of sp³-hybridized carbons (Fsp3) is 0.100. The van der Waals surface area contributed by atoms with E-state index >= 15 is 0 Å². The fourth-order valence-corrected chi connectivity index (χ4v) is 3.67. The molecule has 0 amide bonds. The maximum Gasteiger partial charge on any atom is 0.272 e. The molecule has 0 aliphatic carbocycles. The highest BCUT2D eigenvalue weighted by Crippen LogP contribution is 2.26. The smallest absolute Gasteiger partial charge is 0.272 e. The van der Waals surface area contributed by atoms with E-state index in [9.17, 15) is 13.6 Å². The highest BCUT2D eigenvalue weighted by Gasteiger charge is 2.11. The first-order valence-electron chi connectivity index (χ1n) is 8.31. The van der Waals surface area contributed by atoms with Crippen molar-refractivity contribution >= 4 is 17.4 Å². The summed E-state index contributed by atoms with van der Waals surface area (Å²) >= 11 is 1.11. The van der Waals surface area contributed by atoms with Crippen molar-refractivity contribution in [3.63, 3.8) is 0 Å². The van der Waals surface area contributed by atoms with Gasteiger partial charge in [-0.2, -0.15) is 0 Å². The Morgan fingerprint density at radius 3 is 2.67 bits per heavy atom. The molecule has 0 bridgehead atoms. The molecule has 4 rings (SSSR count). The number of hydrogen-bond acceptors (Lipinski definition) is 3. The van der Waals surface area contributed by atoms with Crippen LogP contribution in [0.2, 0.25) is 0 Å². The maximum atomic E-state index is 13.8. The van der Waals surface area contributed by atoms with Gasteiger partial charge in [0.05, 0.1) is 5.69 Å². The molecule has 2 aromatic heterocycles. The van der Waals surface area contributed by atoms with Crippen LogP contribution in [-0.4, -0.2) is 14.6 Å². The van der Waals surface area contributed by atoms with Gasteiger partial charge in [-0.25, -0.2) is 18.3 Å². The van der Waals surface area contributed by atoms with Gasteiger partial charge in [0, 0.05) is 34.9 Å². The van der Waals surface area contributed by atoms with E-state index in [1.165, 1.54) is 22.7 Å². The number of rotatable bonds is 5. The molecule has 7 heteroatoms. The molecule has 0 saturated heterocycles. The summed E-state index contributed by atoms with van der Waals surface area (Å²) in [6, 6.07) is 17.2. The molecule has 0 aliphatic rings. The van der Waals surface area contributed by atoms with Gasteiger partial charge in [0.2, 0.25) is 0 Å². The van der Waals surface area contributed by atoms with Crippen LogP contribution in [0.4, 0.5) is 8.78 Å². The number of H-pyrrole nitrogens is 1. The van der Waals surface area contributed by atoms with E-state index in [1.807, 2.05) is 36.4 Å². The number of hydrogen-bond donors (Lipinski definition) is 1. The lowest BCUT2D eigenvalue weighted by atomic mass is 10.1. The number of aromatic nitrogens is 3. The van der Waals surface area contributed by atoms with Crippen LogP contribution in [0.3, 0.4) is 0 Å². The summed E-state index contributed by atoms with van der Waals surface area (Å²) in [5.74, 6) is -1.50. The molecular weight excluding hydrogens is 368 g/mol. The van der Waals surface area contributed by atoms with Gasteiger partial charge in [0.15, 0.2) is 17.3 Å². The van der Waals surface area contributed by atoms with Crippen molar-refractivity contribution in [1.29, 1.82) is 0 Å². The first-order valence-corrected chi connectivity index (χ1v) is 9.30. The van der Waals surface area contributed by atoms with Crippen LogP contribution in [0.1, 0.15) is 17.0 Å². The van der Waals surface area contributed by atoms with E-state index < -0.39 is 11.6 Å². The van der Waals surface area contributed by atoms with E-state index in [4.69, 9.17) is 0 Å². The number of thioether (sulfide) groups is 1. The SMILES string of the molecule is O=c1cc(CSc2cccc(F)c2F)nc2cc(Cc3ccccc3)[nH]n12. The van der Waals surface area contributed by atoms with Crippen molar-refractivity contribution in [2.45, 2.75) is 17.1 Å². The molecule has 2 aromatic carbocycles. The molecular formula is C20H15F2N3OS. The van der Waals surface area contributed by atoms with Gasteiger partial charge in [0.25, 0.3) is 5.56 Å². The first-order chi connectivity index (χ1) is 13.1. The third-order valence-corrected chi connectivity index (χ3v) is 5.15. The van der Waals surface area contributed by atoms with E-state index in [1.54, 1.807) is 0 Å².